The summed E-state index contributed by atoms with van der Waals surface area (Å²) in [5.74, 6) is -1.08. The van der Waals surface area contributed by atoms with E-state index < -0.39 is 27.4 Å². The van der Waals surface area contributed by atoms with E-state index in [1.165, 1.54) is 13.2 Å². The molecule has 2 atom stereocenters. The Morgan fingerprint density at radius 1 is 1.34 bits per heavy atom. The highest BCUT2D eigenvalue weighted by molar-refractivity contribution is 7.91. The van der Waals surface area contributed by atoms with Gasteiger partial charge in [0.2, 0.25) is 0 Å². The van der Waals surface area contributed by atoms with Gasteiger partial charge in [0.05, 0.1) is 4.88 Å². The maximum atomic E-state index is 12.9. The number of carboxylic acids is 1. The number of aromatic nitrogens is 1. The Balaban J connectivity index is 1.57. The predicted octanol–water partition coefficient (Wildman–Crippen LogP) is 2.84. The molecule has 0 aliphatic heterocycles. The van der Waals surface area contributed by atoms with Crippen molar-refractivity contribution in [2.75, 3.05) is 7.11 Å². The van der Waals surface area contributed by atoms with Gasteiger partial charge in [-0.3, -0.25) is 4.79 Å². The second-order valence-electron chi connectivity index (χ2n) is 6.78. The first-order chi connectivity index (χ1) is 13.9. The zero-order valence-electron chi connectivity index (χ0n) is 15.4. The topological polar surface area (TPSA) is 119 Å². The average Bonchev–Trinajstić information content (AvgIpc) is 3.04. The number of carbonyl (C=O) groups is 1. The van der Waals surface area contributed by atoms with Gasteiger partial charge in [0.25, 0.3) is 10.0 Å². The number of aliphatic carboxylic acids is 1. The lowest BCUT2D eigenvalue weighted by molar-refractivity contribution is -0.140. The molecule has 2 heterocycles. The zero-order chi connectivity index (χ0) is 20.6. The summed E-state index contributed by atoms with van der Waals surface area (Å²) in [5.41, 5.74) is -0.257. The minimum atomic E-state index is -4.03. The molecule has 29 heavy (non-hydrogen) atoms. The lowest BCUT2D eigenvalue weighted by atomic mass is 10.1. The van der Waals surface area contributed by atoms with Gasteiger partial charge in [-0.1, -0.05) is 35.5 Å². The molecule has 1 aliphatic rings. The summed E-state index contributed by atoms with van der Waals surface area (Å²) in [6, 6.07) is 13.7. The van der Waals surface area contributed by atoms with Crippen LogP contribution in [0.4, 0.5) is 0 Å². The van der Waals surface area contributed by atoms with E-state index in [1.54, 1.807) is 36.4 Å². The van der Waals surface area contributed by atoms with Crippen molar-refractivity contribution in [1.82, 2.24) is 9.88 Å². The summed E-state index contributed by atoms with van der Waals surface area (Å²) in [6.45, 7) is 0.257. The summed E-state index contributed by atoms with van der Waals surface area (Å²) in [6.07, 6.45) is 0.202. The van der Waals surface area contributed by atoms with E-state index in [0.717, 1.165) is 16.9 Å². The minimum Gasteiger partial charge on any atom is -0.480 e. The molecule has 4 rings (SSSR count). The Morgan fingerprint density at radius 3 is 2.79 bits per heavy atom. The lowest BCUT2D eigenvalue weighted by Crippen LogP contribution is -2.44. The van der Waals surface area contributed by atoms with Gasteiger partial charge in [-0.05, 0) is 24.1 Å². The Kier molecular flexibility index (Phi) is 5.03. The number of benzene rings is 1. The van der Waals surface area contributed by atoms with Crippen molar-refractivity contribution in [3.05, 3.63) is 59.9 Å². The molecule has 0 radical (unpaired) electrons. The van der Waals surface area contributed by atoms with Crippen molar-refractivity contribution in [3.63, 3.8) is 0 Å². The van der Waals surface area contributed by atoms with Crippen LogP contribution in [0.15, 0.2) is 57.3 Å². The van der Waals surface area contributed by atoms with Gasteiger partial charge in [0.15, 0.2) is 5.76 Å². The second-order valence-corrected chi connectivity index (χ2v) is 9.77. The average molecular weight is 434 g/mol. The van der Waals surface area contributed by atoms with Crippen LogP contribution in [0.1, 0.15) is 23.7 Å². The van der Waals surface area contributed by atoms with E-state index in [0.29, 0.717) is 16.3 Å². The number of carboxylic acid groups (broad SMARTS) is 1. The number of nitrogens with zero attached hydrogens (tertiary/aromatic N) is 1. The molecule has 0 saturated heterocycles. The molecule has 10 heteroatoms. The third-order valence-electron chi connectivity index (χ3n) is 4.81. The molecule has 1 fully saturated rings. The van der Waals surface area contributed by atoms with Crippen molar-refractivity contribution in [3.8, 4) is 10.6 Å². The molecule has 2 aromatic heterocycles. The number of hydrogen-bond donors (Lipinski definition) is 2. The number of sulfonamides is 1. The molecule has 0 bridgehead atoms. The van der Waals surface area contributed by atoms with Crippen molar-refractivity contribution in [1.29, 1.82) is 0 Å². The SMILES string of the molecule is COCc1cc(-c2ccc(S(=O)(=O)N[C@@]3(C(=O)O)C[C@@H]3c3ccccc3)s2)no1. The largest absolute Gasteiger partial charge is 0.480 e. The number of ether oxygens (including phenoxy) is 1. The molecule has 0 unspecified atom stereocenters. The molecule has 1 saturated carbocycles. The van der Waals surface area contributed by atoms with Gasteiger partial charge < -0.3 is 14.4 Å². The Morgan fingerprint density at radius 2 is 2.10 bits per heavy atom. The predicted molar refractivity (Wildman–Crippen MR) is 105 cm³/mol. The summed E-state index contributed by atoms with van der Waals surface area (Å²) in [4.78, 5) is 12.5. The van der Waals surface area contributed by atoms with Crippen LogP contribution in [0.2, 0.25) is 0 Å². The van der Waals surface area contributed by atoms with Gasteiger partial charge in [0, 0.05) is 19.1 Å². The fourth-order valence-electron chi connectivity index (χ4n) is 3.28. The number of hydrogen-bond acceptors (Lipinski definition) is 7. The summed E-state index contributed by atoms with van der Waals surface area (Å²) in [5, 5.41) is 13.6. The molecule has 1 aromatic carbocycles. The van der Waals surface area contributed by atoms with Gasteiger partial charge in [-0.15, -0.1) is 11.3 Å². The first kappa shape index (κ1) is 19.8. The first-order valence-electron chi connectivity index (χ1n) is 8.73. The van der Waals surface area contributed by atoms with Crippen LogP contribution in [-0.4, -0.2) is 37.3 Å². The van der Waals surface area contributed by atoms with Crippen molar-refractivity contribution in [2.45, 2.75) is 28.7 Å². The molecule has 2 N–H and O–H groups in total. The van der Waals surface area contributed by atoms with E-state index >= 15 is 0 Å². The van der Waals surface area contributed by atoms with Gasteiger partial charge >= 0.3 is 5.97 Å². The number of rotatable bonds is 8. The van der Waals surface area contributed by atoms with Gasteiger partial charge in [-0.25, -0.2) is 8.42 Å². The smallest absolute Gasteiger partial charge is 0.325 e. The first-order valence-corrected chi connectivity index (χ1v) is 11.0. The van der Waals surface area contributed by atoms with Crippen LogP contribution in [0, 0.1) is 0 Å². The van der Waals surface area contributed by atoms with Crippen LogP contribution in [0.3, 0.4) is 0 Å². The van der Waals surface area contributed by atoms with Gasteiger partial charge in [0.1, 0.15) is 22.0 Å². The Labute approximate surface area is 171 Å². The van der Waals surface area contributed by atoms with E-state index in [4.69, 9.17) is 9.26 Å². The lowest BCUT2D eigenvalue weighted by Gasteiger charge is -2.14. The fraction of sp³-hybridized carbons (Fsp3) is 0.263. The molecular formula is C19H18N2O6S2. The third kappa shape index (κ3) is 3.71. The van der Waals surface area contributed by atoms with Crippen LogP contribution in [0.25, 0.3) is 10.6 Å². The summed E-state index contributed by atoms with van der Waals surface area (Å²) in [7, 11) is -2.50. The number of nitrogens with one attached hydrogen (secondary N) is 1. The number of thiophene rings is 1. The fourth-order valence-corrected chi connectivity index (χ4v) is 5.94. The molecule has 3 aromatic rings. The van der Waals surface area contributed by atoms with Crippen LogP contribution >= 0.6 is 11.3 Å². The molecule has 1 aliphatic carbocycles. The molecule has 0 spiro atoms. The van der Waals surface area contributed by atoms with Gasteiger partial charge in [-0.2, -0.15) is 4.72 Å². The Hall–Kier alpha value is -2.53. The van der Waals surface area contributed by atoms with Crippen molar-refractivity contribution < 1.29 is 27.6 Å². The maximum Gasteiger partial charge on any atom is 0.325 e. The quantitative estimate of drug-likeness (QED) is 0.559. The van der Waals surface area contributed by atoms with E-state index in [9.17, 15) is 18.3 Å². The summed E-state index contributed by atoms with van der Waals surface area (Å²) >= 11 is 0.995. The molecular weight excluding hydrogens is 416 g/mol. The second kappa shape index (κ2) is 7.38. The van der Waals surface area contributed by atoms with E-state index in [-0.39, 0.29) is 17.2 Å². The highest BCUT2D eigenvalue weighted by Crippen LogP contribution is 2.52. The third-order valence-corrected chi connectivity index (χ3v) is 7.91. The normalized spacial score (nSPS) is 21.2. The molecule has 8 nitrogen and oxygen atoms in total. The van der Waals surface area contributed by atoms with Crippen LogP contribution in [-0.2, 0) is 26.2 Å². The van der Waals surface area contributed by atoms with Crippen LogP contribution < -0.4 is 4.72 Å². The maximum absolute atomic E-state index is 12.9. The van der Waals surface area contributed by atoms with Crippen molar-refractivity contribution >= 4 is 27.3 Å². The zero-order valence-corrected chi connectivity index (χ0v) is 17.0. The summed E-state index contributed by atoms with van der Waals surface area (Å²) < 4.78 is 38.3. The molecule has 0 amide bonds. The van der Waals surface area contributed by atoms with E-state index in [1.807, 2.05) is 6.07 Å². The minimum absolute atomic E-state index is 0.0168. The van der Waals surface area contributed by atoms with E-state index in [2.05, 4.69) is 9.88 Å². The number of methoxy groups -OCH3 is 1. The van der Waals surface area contributed by atoms with Crippen molar-refractivity contribution in [2.24, 2.45) is 0 Å². The highest BCUT2D eigenvalue weighted by Gasteiger charge is 2.63. The standard InChI is InChI=1S/C19H18N2O6S2/c1-26-11-13-9-15(20-27-13)16-7-8-17(28-16)29(24,25)21-19(18(22)23)10-14(19)12-5-3-2-4-6-12/h2-9,14,21H,10-11H2,1H3,(H,22,23)/t14-,19+/m1/s1. The highest BCUT2D eigenvalue weighted by atomic mass is 32.2. The molecule has 152 valence electrons. The Bertz CT molecular complexity index is 1140. The monoisotopic (exact) mass is 434 g/mol. The van der Waals surface area contributed by atoms with Crippen LogP contribution in [0.5, 0.6) is 0 Å².